The van der Waals surface area contributed by atoms with E-state index in [1.54, 1.807) is 13.8 Å². The third-order valence-electron chi connectivity index (χ3n) is 2.68. The zero-order chi connectivity index (χ0) is 13.1. The molecule has 0 bridgehead atoms. The van der Waals surface area contributed by atoms with Crippen LogP contribution in [0.1, 0.15) is 13.8 Å². The maximum Gasteiger partial charge on any atom is 0.310 e. The Morgan fingerprint density at radius 1 is 1.41 bits per heavy atom. The van der Waals surface area contributed by atoms with Crippen LogP contribution in [0.5, 0.6) is 0 Å². The second-order valence-electron chi connectivity index (χ2n) is 4.99. The summed E-state index contributed by atoms with van der Waals surface area (Å²) >= 11 is 0. The first kappa shape index (κ1) is 13.4. The quantitative estimate of drug-likeness (QED) is 0.823. The van der Waals surface area contributed by atoms with E-state index >= 15 is 0 Å². The number of carboxylic acid groups (broad SMARTS) is 1. The number of carbonyl (C=O) groups is 1. The van der Waals surface area contributed by atoms with E-state index in [9.17, 15) is 4.79 Å². The van der Waals surface area contributed by atoms with Crippen LogP contribution in [0, 0.1) is 5.41 Å². The van der Waals surface area contributed by atoms with E-state index < -0.39 is 11.4 Å². The Bertz CT molecular complexity index is 400. The van der Waals surface area contributed by atoms with Crippen molar-refractivity contribution in [1.29, 1.82) is 0 Å². The Balaban J connectivity index is 2.70. The van der Waals surface area contributed by atoms with Gasteiger partial charge in [0.15, 0.2) is 0 Å². The predicted octanol–water partition coefficient (Wildman–Crippen LogP) is 2.28. The van der Waals surface area contributed by atoms with Gasteiger partial charge in [-0.1, -0.05) is 6.07 Å². The van der Waals surface area contributed by atoms with Crippen LogP contribution in [0.25, 0.3) is 0 Å². The first-order valence-electron chi connectivity index (χ1n) is 5.57. The van der Waals surface area contributed by atoms with Crippen LogP contribution in [0.15, 0.2) is 24.3 Å². The molecule has 0 heterocycles. The lowest BCUT2D eigenvalue weighted by atomic mass is 9.94. The number of hydrogen-bond acceptors (Lipinski definition) is 3. The van der Waals surface area contributed by atoms with Crippen molar-refractivity contribution in [2.75, 3.05) is 30.9 Å². The van der Waals surface area contributed by atoms with E-state index in [2.05, 4.69) is 5.32 Å². The van der Waals surface area contributed by atoms with Crippen molar-refractivity contribution in [1.82, 2.24) is 0 Å². The van der Waals surface area contributed by atoms with Crippen LogP contribution in [0.3, 0.4) is 0 Å². The minimum absolute atomic E-state index is 0.402. The average molecular weight is 236 g/mol. The molecular formula is C13H20N2O2. The van der Waals surface area contributed by atoms with Crippen LogP contribution >= 0.6 is 0 Å². The molecule has 0 unspecified atom stereocenters. The second kappa shape index (κ2) is 5.08. The molecule has 17 heavy (non-hydrogen) atoms. The lowest BCUT2D eigenvalue weighted by Gasteiger charge is -2.21. The summed E-state index contributed by atoms with van der Waals surface area (Å²) < 4.78 is 0. The standard InChI is InChI=1S/C13H20N2O2/c1-13(2,12(16)17)9-14-10-6-5-7-11(8-10)15(3)4/h5-8,14H,9H2,1-4H3,(H,16,17). The number of carboxylic acids is 1. The number of nitrogens with one attached hydrogen (secondary N) is 1. The molecule has 1 aromatic rings. The molecule has 0 radical (unpaired) electrons. The van der Waals surface area contributed by atoms with Gasteiger partial charge >= 0.3 is 5.97 Å². The highest BCUT2D eigenvalue weighted by Crippen LogP contribution is 2.20. The third-order valence-corrected chi connectivity index (χ3v) is 2.68. The maximum atomic E-state index is 11.0. The third kappa shape index (κ3) is 3.66. The van der Waals surface area contributed by atoms with Crippen molar-refractivity contribution in [3.05, 3.63) is 24.3 Å². The minimum atomic E-state index is -0.797. The molecule has 4 nitrogen and oxygen atoms in total. The molecule has 0 saturated carbocycles. The van der Waals surface area contributed by atoms with Gasteiger partial charge in [0.25, 0.3) is 0 Å². The number of aliphatic carboxylic acids is 1. The first-order chi connectivity index (χ1) is 7.83. The topological polar surface area (TPSA) is 52.6 Å². The normalized spacial score (nSPS) is 11.1. The predicted molar refractivity (Wildman–Crippen MR) is 70.7 cm³/mol. The summed E-state index contributed by atoms with van der Waals surface area (Å²) in [6.07, 6.45) is 0. The molecule has 0 aromatic heterocycles. The average Bonchev–Trinajstić information content (AvgIpc) is 2.26. The second-order valence-corrected chi connectivity index (χ2v) is 4.99. The molecule has 0 amide bonds. The molecule has 0 aliphatic carbocycles. The zero-order valence-electron chi connectivity index (χ0n) is 10.8. The Morgan fingerprint density at radius 2 is 2.06 bits per heavy atom. The maximum absolute atomic E-state index is 11.0. The Labute approximate surface area is 102 Å². The summed E-state index contributed by atoms with van der Waals surface area (Å²) in [6.45, 7) is 3.81. The van der Waals surface area contributed by atoms with Gasteiger partial charge in [-0.3, -0.25) is 4.79 Å². The molecule has 0 aliphatic rings. The smallest absolute Gasteiger partial charge is 0.310 e. The van der Waals surface area contributed by atoms with Crippen molar-refractivity contribution in [3.63, 3.8) is 0 Å². The van der Waals surface area contributed by atoms with Crippen molar-refractivity contribution in [3.8, 4) is 0 Å². The van der Waals surface area contributed by atoms with Gasteiger partial charge in [-0.25, -0.2) is 0 Å². The van der Waals surface area contributed by atoms with E-state index in [1.807, 2.05) is 43.3 Å². The largest absolute Gasteiger partial charge is 0.481 e. The SMILES string of the molecule is CN(C)c1cccc(NCC(C)(C)C(=O)O)c1. The molecule has 0 fully saturated rings. The number of rotatable bonds is 5. The zero-order valence-corrected chi connectivity index (χ0v) is 10.8. The Hall–Kier alpha value is -1.71. The van der Waals surface area contributed by atoms with Crippen molar-refractivity contribution < 1.29 is 9.90 Å². The van der Waals surface area contributed by atoms with Crippen LogP contribution in [-0.2, 0) is 4.79 Å². The van der Waals surface area contributed by atoms with Gasteiger partial charge in [0.05, 0.1) is 5.41 Å². The fourth-order valence-electron chi connectivity index (χ4n) is 1.29. The van der Waals surface area contributed by atoms with Gasteiger partial charge in [0.1, 0.15) is 0 Å². The van der Waals surface area contributed by atoms with E-state index in [0.29, 0.717) is 6.54 Å². The highest BCUT2D eigenvalue weighted by molar-refractivity contribution is 5.74. The van der Waals surface area contributed by atoms with Crippen LogP contribution in [0.4, 0.5) is 11.4 Å². The van der Waals surface area contributed by atoms with Gasteiger partial charge in [-0.15, -0.1) is 0 Å². The van der Waals surface area contributed by atoms with E-state index in [-0.39, 0.29) is 0 Å². The molecule has 2 N–H and O–H groups in total. The van der Waals surface area contributed by atoms with Crippen molar-refractivity contribution >= 4 is 17.3 Å². The Morgan fingerprint density at radius 3 is 2.59 bits per heavy atom. The van der Waals surface area contributed by atoms with Gasteiger partial charge in [-0.2, -0.15) is 0 Å². The number of nitrogens with zero attached hydrogens (tertiary/aromatic N) is 1. The van der Waals surface area contributed by atoms with Gasteiger partial charge in [-0.05, 0) is 32.0 Å². The lowest BCUT2D eigenvalue weighted by molar-refractivity contribution is -0.146. The molecule has 1 rings (SSSR count). The summed E-state index contributed by atoms with van der Waals surface area (Å²) in [5.41, 5.74) is 1.25. The Kier molecular flexibility index (Phi) is 3.99. The summed E-state index contributed by atoms with van der Waals surface area (Å²) in [5, 5.41) is 12.2. The van der Waals surface area contributed by atoms with Crippen LogP contribution < -0.4 is 10.2 Å². The summed E-state index contributed by atoms with van der Waals surface area (Å²) in [5.74, 6) is -0.797. The van der Waals surface area contributed by atoms with Gasteiger partial charge < -0.3 is 15.3 Å². The molecule has 0 saturated heterocycles. The minimum Gasteiger partial charge on any atom is -0.481 e. The summed E-state index contributed by atoms with van der Waals surface area (Å²) in [7, 11) is 3.95. The fraction of sp³-hybridized carbons (Fsp3) is 0.462. The van der Waals surface area contributed by atoms with Crippen molar-refractivity contribution in [2.24, 2.45) is 5.41 Å². The highest BCUT2D eigenvalue weighted by atomic mass is 16.4. The van der Waals surface area contributed by atoms with Crippen molar-refractivity contribution in [2.45, 2.75) is 13.8 Å². The first-order valence-corrected chi connectivity index (χ1v) is 5.57. The van der Waals surface area contributed by atoms with E-state index in [4.69, 9.17) is 5.11 Å². The molecular weight excluding hydrogens is 216 g/mol. The highest BCUT2D eigenvalue weighted by Gasteiger charge is 2.26. The van der Waals surface area contributed by atoms with Gasteiger partial charge in [0.2, 0.25) is 0 Å². The summed E-state index contributed by atoms with van der Waals surface area (Å²) in [4.78, 5) is 13.0. The van der Waals surface area contributed by atoms with E-state index in [1.165, 1.54) is 0 Å². The van der Waals surface area contributed by atoms with Crippen LogP contribution in [-0.4, -0.2) is 31.7 Å². The monoisotopic (exact) mass is 236 g/mol. The van der Waals surface area contributed by atoms with E-state index in [0.717, 1.165) is 11.4 Å². The lowest BCUT2D eigenvalue weighted by Crippen LogP contribution is -2.31. The van der Waals surface area contributed by atoms with Gasteiger partial charge in [0, 0.05) is 32.0 Å². The molecule has 0 atom stereocenters. The molecule has 0 spiro atoms. The number of benzene rings is 1. The van der Waals surface area contributed by atoms with Crippen LogP contribution in [0.2, 0.25) is 0 Å². The molecule has 0 aliphatic heterocycles. The number of hydrogen-bond donors (Lipinski definition) is 2. The molecule has 1 aromatic carbocycles. The fourth-order valence-corrected chi connectivity index (χ4v) is 1.29. The molecule has 94 valence electrons. The molecule has 4 heteroatoms. The summed E-state index contributed by atoms with van der Waals surface area (Å²) in [6, 6.07) is 7.89. The number of anilines is 2.